The second-order valence-corrected chi connectivity index (χ2v) is 5.38. The third-order valence-electron chi connectivity index (χ3n) is 3.67. The summed E-state index contributed by atoms with van der Waals surface area (Å²) in [4.78, 5) is 0. The fourth-order valence-electron chi connectivity index (χ4n) is 2.49. The zero-order valence-corrected chi connectivity index (χ0v) is 11.8. The van der Waals surface area contributed by atoms with Gasteiger partial charge in [0.05, 0.1) is 0 Å². The molecule has 1 unspecified atom stereocenters. The number of hydrogen-bond donors (Lipinski definition) is 1. The second-order valence-electron chi connectivity index (χ2n) is 5.38. The van der Waals surface area contributed by atoms with Crippen LogP contribution in [0.4, 0.5) is 0 Å². The number of aryl methyl sites for hydroxylation is 2. The first-order valence-corrected chi connectivity index (χ1v) is 6.77. The summed E-state index contributed by atoms with van der Waals surface area (Å²) < 4.78 is 5.95. The Morgan fingerprint density at radius 2 is 2.06 bits per heavy atom. The third kappa shape index (κ3) is 2.75. The molecule has 1 aromatic carbocycles. The third-order valence-corrected chi connectivity index (χ3v) is 3.67. The summed E-state index contributed by atoms with van der Waals surface area (Å²) in [5, 5.41) is 4.59. The van der Waals surface area contributed by atoms with E-state index in [-0.39, 0.29) is 0 Å². The SMILES string of the molecule is CNC(CCc1cc2cccc(C)c2o1)C(C)C. The summed E-state index contributed by atoms with van der Waals surface area (Å²) in [5.41, 5.74) is 2.26. The average molecular weight is 245 g/mol. The lowest BCUT2D eigenvalue weighted by Crippen LogP contribution is -2.30. The quantitative estimate of drug-likeness (QED) is 0.863. The van der Waals surface area contributed by atoms with Crippen molar-refractivity contribution in [3.05, 3.63) is 35.6 Å². The number of rotatable bonds is 5. The van der Waals surface area contributed by atoms with E-state index in [1.54, 1.807) is 0 Å². The average Bonchev–Trinajstić information content (AvgIpc) is 2.74. The van der Waals surface area contributed by atoms with Crippen molar-refractivity contribution >= 4 is 11.0 Å². The molecule has 0 saturated heterocycles. The van der Waals surface area contributed by atoms with Crippen LogP contribution in [0.2, 0.25) is 0 Å². The number of hydrogen-bond acceptors (Lipinski definition) is 2. The van der Waals surface area contributed by atoms with Gasteiger partial charge in [0.1, 0.15) is 11.3 Å². The Hall–Kier alpha value is -1.28. The van der Waals surface area contributed by atoms with Gasteiger partial charge in [0, 0.05) is 17.8 Å². The van der Waals surface area contributed by atoms with Crippen LogP contribution in [0.3, 0.4) is 0 Å². The van der Waals surface area contributed by atoms with Gasteiger partial charge in [-0.25, -0.2) is 0 Å². The van der Waals surface area contributed by atoms with Gasteiger partial charge in [-0.3, -0.25) is 0 Å². The van der Waals surface area contributed by atoms with E-state index in [0.29, 0.717) is 12.0 Å². The summed E-state index contributed by atoms with van der Waals surface area (Å²) in [5.74, 6) is 1.75. The van der Waals surface area contributed by atoms with Crippen molar-refractivity contribution in [3.8, 4) is 0 Å². The molecule has 1 aromatic heterocycles. The van der Waals surface area contributed by atoms with E-state index in [4.69, 9.17) is 4.42 Å². The van der Waals surface area contributed by atoms with E-state index in [1.807, 2.05) is 7.05 Å². The van der Waals surface area contributed by atoms with Gasteiger partial charge in [0.2, 0.25) is 0 Å². The Labute approximate surface area is 109 Å². The van der Waals surface area contributed by atoms with Gasteiger partial charge >= 0.3 is 0 Å². The van der Waals surface area contributed by atoms with Gasteiger partial charge in [-0.05, 0) is 37.9 Å². The number of fused-ring (bicyclic) bond motifs is 1. The van der Waals surface area contributed by atoms with Crippen molar-refractivity contribution in [1.82, 2.24) is 5.32 Å². The Balaban J connectivity index is 2.10. The van der Waals surface area contributed by atoms with Crippen LogP contribution in [0.25, 0.3) is 11.0 Å². The molecule has 0 radical (unpaired) electrons. The highest BCUT2D eigenvalue weighted by Crippen LogP contribution is 2.24. The Bertz CT molecular complexity index is 513. The molecular weight excluding hydrogens is 222 g/mol. The lowest BCUT2D eigenvalue weighted by Gasteiger charge is -2.19. The molecule has 0 amide bonds. The monoisotopic (exact) mass is 245 g/mol. The van der Waals surface area contributed by atoms with E-state index in [0.717, 1.165) is 24.2 Å². The molecule has 2 rings (SSSR count). The lowest BCUT2D eigenvalue weighted by atomic mass is 9.99. The molecule has 18 heavy (non-hydrogen) atoms. The summed E-state index contributed by atoms with van der Waals surface area (Å²) in [6.45, 7) is 6.61. The Kier molecular flexibility index (Phi) is 4.07. The molecule has 1 atom stereocenters. The van der Waals surface area contributed by atoms with Gasteiger partial charge in [0.15, 0.2) is 0 Å². The topological polar surface area (TPSA) is 25.2 Å². The minimum atomic E-state index is 0.555. The molecule has 0 saturated carbocycles. The van der Waals surface area contributed by atoms with Crippen LogP contribution >= 0.6 is 0 Å². The summed E-state index contributed by atoms with van der Waals surface area (Å²) in [7, 11) is 2.04. The first-order chi connectivity index (χ1) is 8.61. The largest absolute Gasteiger partial charge is 0.461 e. The highest BCUT2D eigenvalue weighted by atomic mass is 16.3. The molecule has 0 bridgehead atoms. The number of para-hydroxylation sites is 1. The predicted molar refractivity (Wildman–Crippen MR) is 77.0 cm³/mol. The lowest BCUT2D eigenvalue weighted by molar-refractivity contribution is 0.390. The number of furan rings is 1. The molecule has 1 N–H and O–H groups in total. The van der Waals surface area contributed by atoms with Crippen LogP contribution in [-0.2, 0) is 6.42 Å². The molecule has 0 spiro atoms. The number of benzene rings is 1. The predicted octanol–water partition coefficient (Wildman–Crippen LogP) is 3.92. The summed E-state index contributed by atoms with van der Waals surface area (Å²) >= 11 is 0. The first kappa shape index (κ1) is 13.2. The molecule has 2 heteroatoms. The first-order valence-electron chi connectivity index (χ1n) is 6.77. The highest BCUT2D eigenvalue weighted by Gasteiger charge is 2.12. The van der Waals surface area contributed by atoms with Crippen LogP contribution in [0.15, 0.2) is 28.7 Å². The fraction of sp³-hybridized carbons (Fsp3) is 0.500. The van der Waals surface area contributed by atoms with E-state index < -0.39 is 0 Å². The Morgan fingerprint density at radius 3 is 2.67 bits per heavy atom. The zero-order valence-electron chi connectivity index (χ0n) is 11.8. The van der Waals surface area contributed by atoms with E-state index >= 15 is 0 Å². The standard InChI is InChI=1S/C16H23NO/c1-11(2)15(17-4)9-8-14-10-13-7-5-6-12(3)16(13)18-14/h5-7,10-11,15,17H,8-9H2,1-4H3. The Morgan fingerprint density at radius 1 is 1.28 bits per heavy atom. The molecule has 2 nitrogen and oxygen atoms in total. The van der Waals surface area contributed by atoms with Crippen molar-refractivity contribution in [3.63, 3.8) is 0 Å². The molecule has 2 aromatic rings. The minimum absolute atomic E-state index is 0.555. The van der Waals surface area contributed by atoms with Crippen molar-refractivity contribution in [2.75, 3.05) is 7.05 Å². The van der Waals surface area contributed by atoms with Gasteiger partial charge < -0.3 is 9.73 Å². The fourth-order valence-corrected chi connectivity index (χ4v) is 2.49. The molecule has 0 aliphatic carbocycles. The second kappa shape index (κ2) is 5.57. The van der Waals surface area contributed by atoms with Crippen LogP contribution in [0.5, 0.6) is 0 Å². The maximum atomic E-state index is 5.95. The molecule has 0 aliphatic rings. The van der Waals surface area contributed by atoms with Gasteiger partial charge in [0.25, 0.3) is 0 Å². The van der Waals surface area contributed by atoms with Gasteiger partial charge in [-0.2, -0.15) is 0 Å². The molecule has 0 fully saturated rings. The summed E-state index contributed by atoms with van der Waals surface area (Å²) in [6.07, 6.45) is 2.12. The van der Waals surface area contributed by atoms with E-state index in [1.165, 1.54) is 10.9 Å². The van der Waals surface area contributed by atoms with Crippen molar-refractivity contribution in [2.24, 2.45) is 5.92 Å². The van der Waals surface area contributed by atoms with Crippen LogP contribution in [0, 0.1) is 12.8 Å². The number of nitrogens with one attached hydrogen (secondary N) is 1. The maximum Gasteiger partial charge on any atom is 0.137 e. The molecule has 0 aliphatic heterocycles. The van der Waals surface area contributed by atoms with Gasteiger partial charge in [-0.15, -0.1) is 0 Å². The van der Waals surface area contributed by atoms with Crippen LogP contribution < -0.4 is 5.32 Å². The molecule has 1 heterocycles. The normalized spacial score (nSPS) is 13.4. The zero-order chi connectivity index (χ0) is 13.1. The molecular formula is C16H23NO. The smallest absolute Gasteiger partial charge is 0.137 e. The highest BCUT2D eigenvalue weighted by molar-refractivity contribution is 5.80. The minimum Gasteiger partial charge on any atom is -0.461 e. The van der Waals surface area contributed by atoms with E-state index in [2.05, 4.69) is 50.4 Å². The van der Waals surface area contributed by atoms with E-state index in [9.17, 15) is 0 Å². The van der Waals surface area contributed by atoms with Crippen LogP contribution in [-0.4, -0.2) is 13.1 Å². The van der Waals surface area contributed by atoms with Crippen molar-refractivity contribution < 1.29 is 4.42 Å². The van der Waals surface area contributed by atoms with Gasteiger partial charge in [-0.1, -0.05) is 32.0 Å². The molecule has 98 valence electrons. The maximum absolute atomic E-state index is 5.95. The van der Waals surface area contributed by atoms with Crippen molar-refractivity contribution in [2.45, 2.75) is 39.7 Å². The van der Waals surface area contributed by atoms with Crippen molar-refractivity contribution in [1.29, 1.82) is 0 Å². The summed E-state index contributed by atoms with van der Waals surface area (Å²) in [6, 6.07) is 9.03. The van der Waals surface area contributed by atoms with Crippen LogP contribution in [0.1, 0.15) is 31.6 Å².